The van der Waals surface area contributed by atoms with Crippen LogP contribution in [0.2, 0.25) is 10.0 Å². The number of hydrogen-bond donors (Lipinski definition) is 1. The monoisotopic (exact) mass is 381 g/mol. The van der Waals surface area contributed by atoms with Crippen molar-refractivity contribution in [3.05, 3.63) is 81.6 Å². The van der Waals surface area contributed by atoms with E-state index in [2.05, 4.69) is 10.4 Å². The maximum atomic E-state index is 13.3. The first-order valence-corrected chi connectivity index (χ1v) is 7.91. The molecule has 0 aliphatic carbocycles. The summed E-state index contributed by atoms with van der Waals surface area (Å²) in [4.78, 5) is 12.2. The molecule has 1 aromatic heterocycles. The molecule has 0 spiro atoms. The van der Waals surface area contributed by atoms with Crippen LogP contribution in [0, 0.1) is 11.6 Å². The van der Waals surface area contributed by atoms with Crippen LogP contribution in [0.25, 0.3) is 0 Å². The molecule has 0 bridgehead atoms. The summed E-state index contributed by atoms with van der Waals surface area (Å²) in [6, 6.07) is 8.81. The van der Waals surface area contributed by atoms with Gasteiger partial charge < -0.3 is 5.32 Å². The Bertz CT molecular complexity index is 943. The number of nitrogens with one attached hydrogen (secondary N) is 1. The molecular weight excluding hydrogens is 371 g/mol. The van der Waals surface area contributed by atoms with Gasteiger partial charge in [-0.3, -0.25) is 9.48 Å². The number of carbonyl (C=O) groups excluding carboxylic acids is 1. The molecule has 0 unspecified atom stereocenters. The molecule has 0 saturated heterocycles. The molecule has 2 aromatic carbocycles. The van der Waals surface area contributed by atoms with Gasteiger partial charge in [-0.25, -0.2) is 8.78 Å². The highest BCUT2D eigenvalue weighted by Crippen LogP contribution is 2.21. The molecule has 0 atom stereocenters. The van der Waals surface area contributed by atoms with Gasteiger partial charge in [0.25, 0.3) is 5.91 Å². The van der Waals surface area contributed by atoms with Crippen LogP contribution in [0.4, 0.5) is 14.5 Å². The fraction of sp³-hybridized carbons (Fsp3) is 0.0588. The number of nitrogens with zero attached hydrogens (tertiary/aromatic N) is 2. The fourth-order valence-corrected chi connectivity index (χ4v) is 2.68. The quantitative estimate of drug-likeness (QED) is 0.661. The predicted molar refractivity (Wildman–Crippen MR) is 92.1 cm³/mol. The Balaban J connectivity index is 1.73. The van der Waals surface area contributed by atoms with Gasteiger partial charge in [0.05, 0.1) is 29.0 Å². The van der Waals surface area contributed by atoms with Crippen LogP contribution in [-0.4, -0.2) is 15.7 Å². The Hall–Kier alpha value is -2.44. The zero-order valence-electron chi connectivity index (χ0n) is 12.6. The van der Waals surface area contributed by atoms with E-state index in [1.807, 2.05) is 18.2 Å². The number of aromatic nitrogens is 2. The number of halogens is 4. The lowest BCUT2D eigenvalue weighted by molar-refractivity contribution is 0.102. The highest BCUT2D eigenvalue weighted by molar-refractivity contribution is 6.34. The van der Waals surface area contributed by atoms with Gasteiger partial charge >= 0.3 is 0 Å². The molecule has 8 heteroatoms. The van der Waals surface area contributed by atoms with Crippen molar-refractivity contribution in [2.75, 3.05) is 5.32 Å². The lowest BCUT2D eigenvalue weighted by atomic mass is 10.2. The number of amides is 1. The Kier molecular flexibility index (Phi) is 5.01. The summed E-state index contributed by atoms with van der Waals surface area (Å²) < 4.78 is 28.0. The first-order valence-electron chi connectivity index (χ1n) is 7.15. The third-order valence-corrected chi connectivity index (χ3v) is 3.93. The topological polar surface area (TPSA) is 46.9 Å². The van der Waals surface area contributed by atoms with Crippen LogP contribution < -0.4 is 5.32 Å². The zero-order valence-corrected chi connectivity index (χ0v) is 14.2. The molecule has 0 saturated carbocycles. The van der Waals surface area contributed by atoms with E-state index in [0.29, 0.717) is 17.3 Å². The minimum absolute atomic E-state index is 0.164. The molecule has 0 fully saturated rings. The maximum Gasteiger partial charge on any atom is 0.257 e. The van der Waals surface area contributed by atoms with E-state index in [0.717, 1.165) is 17.7 Å². The van der Waals surface area contributed by atoms with Crippen molar-refractivity contribution in [3.63, 3.8) is 0 Å². The minimum atomic E-state index is -1.15. The van der Waals surface area contributed by atoms with Crippen molar-refractivity contribution in [2.45, 2.75) is 6.54 Å². The fourth-order valence-electron chi connectivity index (χ4n) is 2.23. The summed E-state index contributed by atoms with van der Waals surface area (Å²) in [6.45, 7) is 0.461. The average Bonchev–Trinajstić information content (AvgIpc) is 2.97. The van der Waals surface area contributed by atoms with Crippen LogP contribution in [0.1, 0.15) is 15.9 Å². The molecule has 3 rings (SSSR count). The van der Waals surface area contributed by atoms with E-state index >= 15 is 0 Å². The van der Waals surface area contributed by atoms with Gasteiger partial charge in [0.1, 0.15) is 0 Å². The van der Waals surface area contributed by atoms with Crippen molar-refractivity contribution in [1.29, 1.82) is 0 Å². The molecule has 0 radical (unpaired) electrons. The number of carbonyl (C=O) groups is 1. The number of rotatable bonds is 4. The second-order valence-electron chi connectivity index (χ2n) is 5.26. The van der Waals surface area contributed by atoms with Gasteiger partial charge in [0.2, 0.25) is 0 Å². The second kappa shape index (κ2) is 7.21. The standard InChI is InChI=1S/C17H11Cl2F2N3O/c18-11-3-1-2-10(4-11)8-24-9-12(7-22-24)23-17(25)13-5-15(20)16(21)6-14(13)19/h1-7,9H,8H2,(H,23,25). The van der Waals surface area contributed by atoms with Gasteiger partial charge in [-0.2, -0.15) is 5.10 Å². The second-order valence-corrected chi connectivity index (χ2v) is 6.10. The Labute approximate surface area is 152 Å². The van der Waals surface area contributed by atoms with Gasteiger partial charge in [0.15, 0.2) is 11.6 Å². The molecule has 0 aliphatic rings. The van der Waals surface area contributed by atoms with Crippen LogP contribution in [0.5, 0.6) is 0 Å². The van der Waals surface area contributed by atoms with E-state index < -0.39 is 17.5 Å². The molecule has 3 aromatic rings. The summed E-state index contributed by atoms with van der Waals surface area (Å²) in [5.74, 6) is -2.92. The number of anilines is 1. The van der Waals surface area contributed by atoms with E-state index in [1.54, 1.807) is 16.9 Å². The van der Waals surface area contributed by atoms with Gasteiger partial charge in [0, 0.05) is 11.2 Å². The molecule has 0 aliphatic heterocycles. The molecule has 1 N–H and O–H groups in total. The summed E-state index contributed by atoms with van der Waals surface area (Å²) >= 11 is 11.7. The molecule has 25 heavy (non-hydrogen) atoms. The third-order valence-electron chi connectivity index (χ3n) is 3.38. The maximum absolute atomic E-state index is 13.3. The van der Waals surface area contributed by atoms with Crippen LogP contribution in [-0.2, 0) is 6.54 Å². The Morgan fingerprint density at radius 2 is 1.92 bits per heavy atom. The van der Waals surface area contributed by atoms with Crippen molar-refractivity contribution >= 4 is 34.8 Å². The molecule has 1 amide bonds. The van der Waals surface area contributed by atoms with Gasteiger partial charge in [-0.15, -0.1) is 0 Å². The lowest BCUT2D eigenvalue weighted by Gasteiger charge is -2.05. The molecule has 4 nitrogen and oxygen atoms in total. The first kappa shape index (κ1) is 17.4. The average molecular weight is 382 g/mol. The normalized spacial score (nSPS) is 10.7. The minimum Gasteiger partial charge on any atom is -0.319 e. The highest BCUT2D eigenvalue weighted by Gasteiger charge is 2.15. The first-order chi connectivity index (χ1) is 11.9. The summed E-state index contributed by atoms with van der Waals surface area (Å²) in [5, 5.41) is 7.11. The van der Waals surface area contributed by atoms with E-state index in [-0.39, 0.29) is 10.6 Å². The number of benzene rings is 2. The SMILES string of the molecule is O=C(Nc1cnn(Cc2cccc(Cl)c2)c1)c1cc(F)c(F)cc1Cl. The number of hydrogen-bond acceptors (Lipinski definition) is 2. The highest BCUT2D eigenvalue weighted by atomic mass is 35.5. The molecular formula is C17H11Cl2F2N3O. The lowest BCUT2D eigenvalue weighted by Crippen LogP contribution is -2.13. The van der Waals surface area contributed by atoms with Gasteiger partial charge in [-0.1, -0.05) is 35.3 Å². The van der Waals surface area contributed by atoms with Crippen molar-refractivity contribution < 1.29 is 13.6 Å². The van der Waals surface area contributed by atoms with Crippen LogP contribution in [0.15, 0.2) is 48.8 Å². The van der Waals surface area contributed by atoms with Crippen molar-refractivity contribution in [2.24, 2.45) is 0 Å². The summed E-state index contributed by atoms with van der Waals surface area (Å²) in [7, 11) is 0. The van der Waals surface area contributed by atoms with Crippen LogP contribution in [0.3, 0.4) is 0 Å². The predicted octanol–water partition coefficient (Wildman–Crippen LogP) is 4.77. The van der Waals surface area contributed by atoms with Gasteiger partial charge in [-0.05, 0) is 29.8 Å². The largest absolute Gasteiger partial charge is 0.319 e. The Morgan fingerprint density at radius 3 is 2.68 bits per heavy atom. The zero-order chi connectivity index (χ0) is 18.0. The Morgan fingerprint density at radius 1 is 1.16 bits per heavy atom. The molecule has 1 heterocycles. The summed E-state index contributed by atoms with van der Waals surface area (Å²) in [5.41, 5.74) is 1.17. The van der Waals surface area contributed by atoms with Crippen molar-refractivity contribution in [1.82, 2.24) is 9.78 Å². The van der Waals surface area contributed by atoms with E-state index in [4.69, 9.17) is 23.2 Å². The van der Waals surface area contributed by atoms with E-state index in [1.165, 1.54) is 6.20 Å². The van der Waals surface area contributed by atoms with Crippen molar-refractivity contribution in [3.8, 4) is 0 Å². The third kappa shape index (κ3) is 4.15. The summed E-state index contributed by atoms with van der Waals surface area (Å²) in [6.07, 6.45) is 3.04. The molecule has 128 valence electrons. The smallest absolute Gasteiger partial charge is 0.257 e. The van der Waals surface area contributed by atoms with Crippen LogP contribution >= 0.6 is 23.2 Å². The van der Waals surface area contributed by atoms with E-state index in [9.17, 15) is 13.6 Å².